The normalized spacial score (nSPS) is 46.4. The van der Waals surface area contributed by atoms with Crippen molar-refractivity contribution < 1.29 is 9.21 Å². The van der Waals surface area contributed by atoms with E-state index in [1.54, 1.807) is 12.3 Å². The Morgan fingerprint density at radius 1 is 0.926 bits per heavy atom. The van der Waals surface area contributed by atoms with Crippen LogP contribution in [0.4, 0.5) is 0 Å². The quantitative estimate of drug-likeness (QED) is 0.672. The third-order valence-corrected chi connectivity index (χ3v) is 9.61. The minimum atomic E-state index is -0.250. The molecule has 5 rings (SSSR count). The highest BCUT2D eigenvalue weighted by molar-refractivity contribution is 5.79. The predicted molar refractivity (Wildman–Crippen MR) is 104 cm³/mol. The van der Waals surface area contributed by atoms with Crippen molar-refractivity contribution in [2.24, 2.45) is 34.5 Å². The van der Waals surface area contributed by atoms with Gasteiger partial charge in [0.25, 0.3) is 0 Å². The zero-order valence-corrected chi connectivity index (χ0v) is 16.7. The summed E-state index contributed by atoms with van der Waals surface area (Å²) in [4.78, 5) is 23.4. The molecule has 4 aliphatic rings. The zero-order chi connectivity index (χ0) is 18.8. The summed E-state index contributed by atoms with van der Waals surface area (Å²) in [6.07, 6.45) is 12.2. The van der Waals surface area contributed by atoms with Crippen molar-refractivity contribution in [3.8, 4) is 0 Å². The van der Waals surface area contributed by atoms with E-state index in [-0.39, 0.29) is 5.63 Å². The van der Waals surface area contributed by atoms with Gasteiger partial charge in [-0.15, -0.1) is 0 Å². The van der Waals surface area contributed by atoms with E-state index >= 15 is 0 Å². The van der Waals surface area contributed by atoms with E-state index in [9.17, 15) is 9.59 Å². The van der Waals surface area contributed by atoms with Crippen LogP contribution in [0.3, 0.4) is 0 Å². The Bertz CT molecular complexity index is 790. The van der Waals surface area contributed by atoms with Crippen molar-refractivity contribution in [2.75, 3.05) is 0 Å². The zero-order valence-electron chi connectivity index (χ0n) is 16.7. The first-order chi connectivity index (χ1) is 12.9. The van der Waals surface area contributed by atoms with Crippen LogP contribution in [0.5, 0.6) is 0 Å². The molecule has 4 fully saturated rings. The predicted octanol–water partition coefficient (Wildman–Crippen LogP) is 5.34. The van der Waals surface area contributed by atoms with Gasteiger partial charge in [0.05, 0.1) is 6.26 Å². The van der Waals surface area contributed by atoms with Crippen LogP contribution in [0.25, 0.3) is 0 Å². The smallest absolute Gasteiger partial charge is 0.335 e. The standard InChI is InChI=1S/C24H32O3/c1-23-11-9-17(25)13-16(23)4-5-18-20-7-6-19(15-3-8-22(26)27-14-15)24(20,2)12-10-21(18)23/h3,8,14,16,18-21H,4-7,9-13H2,1-2H3/t16?,18-,19+,20-,21-,23-,24+/m0/s1. The largest absolute Gasteiger partial charge is 0.431 e. The van der Waals surface area contributed by atoms with Gasteiger partial charge in [0.2, 0.25) is 0 Å². The van der Waals surface area contributed by atoms with Crippen molar-refractivity contribution >= 4 is 5.78 Å². The SMILES string of the molecule is C[C@]12CC[C@H]3[C@@H](CCC4CC(=O)CC[C@@]43C)[C@@H]1CC[C@@H]2c1ccc(=O)oc1. The maximum absolute atomic E-state index is 12.0. The summed E-state index contributed by atoms with van der Waals surface area (Å²) in [5.41, 5.74) is 1.69. The van der Waals surface area contributed by atoms with E-state index in [4.69, 9.17) is 4.42 Å². The lowest BCUT2D eigenvalue weighted by Gasteiger charge is -2.60. The second-order valence-electron chi connectivity index (χ2n) is 10.5. The van der Waals surface area contributed by atoms with Crippen LogP contribution in [-0.4, -0.2) is 5.78 Å². The van der Waals surface area contributed by atoms with Crippen molar-refractivity contribution in [3.05, 3.63) is 34.4 Å². The van der Waals surface area contributed by atoms with Gasteiger partial charge in [0.1, 0.15) is 5.78 Å². The molecule has 4 saturated carbocycles. The lowest BCUT2D eigenvalue weighted by molar-refractivity contribution is -0.138. The number of ketones is 1. The maximum Gasteiger partial charge on any atom is 0.335 e. The second-order valence-corrected chi connectivity index (χ2v) is 10.5. The topological polar surface area (TPSA) is 47.3 Å². The summed E-state index contributed by atoms with van der Waals surface area (Å²) >= 11 is 0. The summed E-state index contributed by atoms with van der Waals surface area (Å²) in [5.74, 6) is 4.05. The van der Waals surface area contributed by atoms with Crippen LogP contribution >= 0.6 is 0 Å². The minimum Gasteiger partial charge on any atom is -0.431 e. The van der Waals surface area contributed by atoms with Crippen LogP contribution in [0, 0.1) is 34.5 Å². The highest BCUT2D eigenvalue weighted by atomic mass is 16.4. The average Bonchev–Trinajstić information content (AvgIpc) is 3.00. The number of carbonyl (C=O) groups excluding carboxylic acids is 1. The maximum atomic E-state index is 12.0. The Hall–Kier alpha value is -1.38. The summed E-state index contributed by atoms with van der Waals surface area (Å²) in [6, 6.07) is 3.59. The lowest BCUT2D eigenvalue weighted by atomic mass is 9.44. The van der Waals surface area contributed by atoms with E-state index in [0.29, 0.717) is 28.4 Å². The third kappa shape index (κ3) is 2.53. The van der Waals surface area contributed by atoms with Gasteiger partial charge in [0, 0.05) is 18.9 Å². The molecule has 0 spiro atoms. The molecule has 1 heterocycles. The molecule has 0 radical (unpaired) electrons. The fourth-order valence-electron chi connectivity index (χ4n) is 8.16. The van der Waals surface area contributed by atoms with Crippen molar-refractivity contribution in [3.63, 3.8) is 0 Å². The van der Waals surface area contributed by atoms with Gasteiger partial charge >= 0.3 is 5.63 Å². The summed E-state index contributed by atoms with van der Waals surface area (Å²) < 4.78 is 5.21. The molecule has 1 unspecified atom stereocenters. The molecule has 0 N–H and O–H groups in total. The molecule has 3 heteroatoms. The van der Waals surface area contributed by atoms with Gasteiger partial charge in [-0.05, 0) is 97.0 Å². The Kier molecular flexibility index (Phi) is 3.97. The molecule has 0 aromatic carbocycles. The molecule has 1 aromatic heterocycles. The number of fused-ring (bicyclic) bond motifs is 5. The molecular formula is C24H32O3. The molecule has 0 saturated heterocycles. The summed E-state index contributed by atoms with van der Waals surface area (Å²) in [6.45, 7) is 5.03. The first-order valence-electron chi connectivity index (χ1n) is 11.0. The molecule has 27 heavy (non-hydrogen) atoms. The van der Waals surface area contributed by atoms with Crippen LogP contribution in [0.2, 0.25) is 0 Å². The van der Waals surface area contributed by atoms with Crippen LogP contribution in [0.15, 0.2) is 27.6 Å². The Labute approximate surface area is 161 Å². The number of Topliss-reactive ketones (excluding diaryl/α,β-unsaturated/α-hetero) is 1. The molecule has 4 aliphatic carbocycles. The molecule has 0 bridgehead atoms. The van der Waals surface area contributed by atoms with Gasteiger partial charge in [-0.2, -0.15) is 0 Å². The highest BCUT2D eigenvalue weighted by Crippen LogP contribution is 2.68. The van der Waals surface area contributed by atoms with Crippen molar-refractivity contribution in [2.45, 2.75) is 77.6 Å². The van der Waals surface area contributed by atoms with Gasteiger partial charge in [-0.1, -0.05) is 13.8 Å². The van der Waals surface area contributed by atoms with Gasteiger partial charge in [-0.3, -0.25) is 4.79 Å². The molecule has 0 aliphatic heterocycles. The number of rotatable bonds is 1. The van der Waals surface area contributed by atoms with Crippen LogP contribution in [0.1, 0.15) is 83.1 Å². The fourth-order valence-corrected chi connectivity index (χ4v) is 8.16. The first kappa shape index (κ1) is 17.7. The summed E-state index contributed by atoms with van der Waals surface area (Å²) in [7, 11) is 0. The minimum absolute atomic E-state index is 0.250. The first-order valence-corrected chi connectivity index (χ1v) is 11.0. The van der Waals surface area contributed by atoms with Crippen molar-refractivity contribution in [1.29, 1.82) is 0 Å². The molecule has 7 atom stereocenters. The van der Waals surface area contributed by atoms with Gasteiger partial charge in [0.15, 0.2) is 0 Å². The number of carbonyl (C=O) groups is 1. The Morgan fingerprint density at radius 2 is 1.74 bits per heavy atom. The van der Waals surface area contributed by atoms with E-state index in [1.807, 2.05) is 6.07 Å². The molecule has 1 aromatic rings. The molecule has 146 valence electrons. The monoisotopic (exact) mass is 368 g/mol. The highest BCUT2D eigenvalue weighted by Gasteiger charge is 2.60. The van der Waals surface area contributed by atoms with E-state index in [2.05, 4.69) is 13.8 Å². The second kappa shape index (κ2) is 6.06. The van der Waals surface area contributed by atoms with Crippen molar-refractivity contribution in [1.82, 2.24) is 0 Å². The lowest BCUT2D eigenvalue weighted by Crippen LogP contribution is -2.53. The van der Waals surface area contributed by atoms with Gasteiger partial charge < -0.3 is 4.42 Å². The van der Waals surface area contributed by atoms with Gasteiger partial charge in [-0.25, -0.2) is 4.79 Å². The van der Waals surface area contributed by atoms with E-state index < -0.39 is 0 Å². The molecular weight excluding hydrogens is 336 g/mol. The number of hydrogen-bond acceptors (Lipinski definition) is 3. The Balaban J connectivity index is 1.44. The number of hydrogen-bond donors (Lipinski definition) is 0. The fraction of sp³-hybridized carbons (Fsp3) is 0.750. The van der Waals surface area contributed by atoms with Crippen LogP contribution < -0.4 is 5.63 Å². The van der Waals surface area contributed by atoms with E-state index in [1.165, 1.54) is 44.1 Å². The third-order valence-electron chi connectivity index (χ3n) is 9.61. The Morgan fingerprint density at radius 3 is 2.52 bits per heavy atom. The van der Waals surface area contributed by atoms with E-state index in [0.717, 1.165) is 37.0 Å². The van der Waals surface area contributed by atoms with Crippen LogP contribution in [-0.2, 0) is 4.79 Å². The molecule has 3 nitrogen and oxygen atoms in total. The summed E-state index contributed by atoms with van der Waals surface area (Å²) in [5, 5.41) is 0. The average molecular weight is 369 g/mol. The molecule has 0 amide bonds.